The molecule has 5 nitrogen and oxygen atoms in total. The van der Waals surface area contributed by atoms with Gasteiger partial charge in [-0.15, -0.1) is 0 Å². The normalized spacial score (nSPS) is 10.4. The fraction of sp³-hybridized carbons (Fsp3) is 0.167. The third-order valence-corrected chi connectivity index (χ3v) is 2.68. The molecule has 1 aromatic carbocycles. The molecule has 0 spiro atoms. The van der Waals surface area contributed by atoms with Crippen molar-refractivity contribution in [3.63, 3.8) is 0 Å². The first kappa shape index (κ1) is 12.6. The predicted octanol–water partition coefficient (Wildman–Crippen LogP) is 2.16. The van der Waals surface area contributed by atoms with Gasteiger partial charge in [0.2, 0.25) is 0 Å². The van der Waals surface area contributed by atoms with Crippen LogP contribution in [0.1, 0.15) is 10.5 Å². The molecule has 0 saturated carbocycles. The molecule has 1 heterocycles. The number of carbonyl (C=O) groups is 1. The molecule has 0 unspecified atom stereocenters. The minimum atomic E-state index is -0.307. The maximum Gasteiger partial charge on any atom is 0.297 e. The van der Waals surface area contributed by atoms with Gasteiger partial charge in [0, 0.05) is 18.3 Å². The highest BCUT2D eigenvalue weighted by atomic mass is 35.5. The van der Waals surface area contributed by atoms with Crippen molar-refractivity contribution >= 4 is 17.5 Å². The summed E-state index contributed by atoms with van der Waals surface area (Å²) in [5, 5.41) is 5.91. The van der Waals surface area contributed by atoms with E-state index in [9.17, 15) is 4.79 Å². The Hall–Kier alpha value is -1.85. The van der Waals surface area contributed by atoms with E-state index in [0.717, 1.165) is 10.8 Å². The van der Waals surface area contributed by atoms with Crippen LogP contribution in [0, 0.1) is 0 Å². The van der Waals surface area contributed by atoms with Crippen LogP contribution in [-0.2, 0) is 4.84 Å². The van der Waals surface area contributed by atoms with Crippen LogP contribution in [0.15, 0.2) is 36.5 Å². The summed E-state index contributed by atoms with van der Waals surface area (Å²) >= 11 is 5.90. The van der Waals surface area contributed by atoms with Crippen molar-refractivity contribution in [3.05, 3.63) is 47.2 Å². The lowest BCUT2D eigenvalue weighted by molar-refractivity contribution is -0.0760. The Morgan fingerprint density at radius 2 is 2.22 bits per heavy atom. The third kappa shape index (κ3) is 2.52. The summed E-state index contributed by atoms with van der Waals surface area (Å²) in [5.41, 5.74) is 1.10. The van der Waals surface area contributed by atoms with Crippen LogP contribution in [0.25, 0.3) is 5.69 Å². The maximum absolute atomic E-state index is 11.8. The topological polar surface area (TPSA) is 47.4 Å². The molecule has 2 aromatic rings. The van der Waals surface area contributed by atoms with Gasteiger partial charge in [0.25, 0.3) is 5.91 Å². The first-order valence-corrected chi connectivity index (χ1v) is 5.63. The fourth-order valence-corrected chi connectivity index (χ4v) is 1.63. The van der Waals surface area contributed by atoms with Crippen molar-refractivity contribution in [2.75, 3.05) is 14.2 Å². The van der Waals surface area contributed by atoms with Crippen molar-refractivity contribution < 1.29 is 9.63 Å². The first-order chi connectivity index (χ1) is 8.61. The minimum absolute atomic E-state index is 0.305. The molecule has 0 aliphatic carbocycles. The van der Waals surface area contributed by atoms with Gasteiger partial charge in [-0.25, -0.2) is 9.75 Å². The molecule has 0 radical (unpaired) electrons. The molecule has 2 rings (SSSR count). The SMILES string of the molecule is CON(C)C(=O)c1ccn(-c2cccc(Cl)c2)n1. The lowest BCUT2D eigenvalue weighted by atomic mass is 10.3. The zero-order chi connectivity index (χ0) is 13.1. The molecular weight excluding hydrogens is 254 g/mol. The van der Waals surface area contributed by atoms with Crippen LogP contribution in [0.4, 0.5) is 0 Å². The molecule has 1 aromatic heterocycles. The Morgan fingerprint density at radius 1 is 1.44 bits per heavy atom. The zero-order valence-corrected chi connectivity index (χ0v) is 10.8. The summed E-state index contributed by atoms with van der Waals surface area (Å²) in [7, 11) is 2.95. The summed E-state index contributed by atoms with van der Waals surface area (Å²) < 4.78 is 1.59. The van der Waals surface area contributed by atoms with Crippen molar-refractivity contribution in [3.8, 4) is 5.69 Å². The van der Waals surface area contributed by atoms with E-state index in [1.54, 1.807) is 29.1 Å². The van der Waals surface area contributed by atoms with Gasteiger partial charge < -0.3 is 0 Å². The number of aromatic nitrogens is 2. The fourth-order valence-electron chi connectivity index (χ4n) is 1.44. The molecule has 6 heteroatoms. The second-order valence-electron chi connectivity index (χ2n) is 3.61. The molecule has 1 amide bonds. The summed E-state index contributed by atoms with van der Waals surface area (Å²) in [6.07, 6.45) is 1.70. The molecular formula is C12H12ClN3O2. The minimum Gasteiger partial charge on any atom is -0.274 e. The van der Waals surface area contributed by atoms with Crippen LogP contribution in [-0.4, -0.2) is 34.9 Å². The number of hydroxylamine groups is 2. The van der Waals surface area contributed by atoms with E-state index < -0.39 is 0 Å². The van der Waals surface area contributed by atoms with Gasteiger partial charge in [-0.05, 0) is 24.3 Å². The predicted molar refractivity (Wildman–Crippen MR) is 67.7 cm³/mol. The summed E-state index contributed by atoms with van der Waals surface area (Å²) in [6, 6.07) is 8.84. The molecule has 0 aliphatic rings. The number of hydrogen-bond acceptors (Lipinski definition) is 3. The second-order valence-corrected chi connectivity index (χ2v) is 4.05. The zero-order valence-electron chi connectivity index (χ0n) is 10.0. The van der Waals surface area contributed by atoms with E-state index in [0.29, 0.717) is 10.7 Å². The van der Waals surface area contributed by atoms with Gasteiger partial charge in [-0.1, -0.05) is 17.7 Å². The molecule has 0 N–H and O–H groups in total. The second kappa shape index (κ2) is 5.20. The Balaban J connectivity index is 2.28. The monoisotopic (exact) mass is 265 g/mol. The van der Waals surface area contributed by atoms with E-state index in [1.807, 2.05) is 12.1 Å². The van der Waals surface area contributed by atoms with Gasteiger partial charge in [-0.3, -0.25) is 9.63 Å². The Morgan fingerprint density at radius 3 is 2.89 bits per heavy atom. The molecule has 94 valence electrons. The van der Waals surface area contributed by atoms with Crippen LogP contribution in [0.2, 0.25) is 5.02 Å². The lowest BCUT2D eigenvalue weighted by Crippen LogP contribution is -2.25. The number of carbonyl (C=O) groups excluding carboxylic acids is 1. The highest BCUT2D eigenvalue weighted by molar-refractivity contribution is 6.30. The van der Waals surface area contributed by atoms with Crippen LogP contribution < -0.4 is 0 Å². The van der Waals surface area contributed by atoms with Crippen molar-refractivity contribution in [1.82, 2.24) is 14.8 Å². The molecule has 18 heavy (non-hydrogen) atoms. The molecule has 0 bridgehead atoms. The number of halogens is 1. The quantitative estimate of drug-likeness (QED) is 0.799. The van der Waals surface area contributed by atoms with E-state index in [2.05, 4.69) is 5.10 Å². The molecule has 0 atom stereocenters. The van der Waals surface area contributed by atoms with Crippen LogP contribution >= 0.6 is 11.6 Å². The average molecular weight is 266 g/mol. The van der Waals surface area contributed by atoms with E-state index >= 15 is 0 Å². The molecule has 0 saturated heterocycles. The van der Waals surface area contributed by atoms with Gasteiger partial charge >= 0.3 is 0 Å². The van der Waals surface area contributed by atoms with Crippen LogP contribution in [0.5, 0.6) is 0 Å². The Labute approximate surface area is 109 Å². The summed E-state index contributed by atoms with van der Waals surface area (Å²) in [5.74, 6) is -0.307. The van der Waals surface area contributed by atoms with E-state index in [-0.39, 0.29) is 5.91 Å². The van der Waals surface area contributed by atoms with Crippen LogP contribution in [0.3, 0.4) is 0 Å². The van der Waals surface area contributed by atoms with Gasteiger partial charge in [0.05, 0.1) is 12.8 Å². The van der Waals surface area contributed by atoms with Crippen molar-refractivity contribution in [2.45, 2.75) is 0 Å². The largest absolute Gasteiger partial charge is 0.297 e. The number of hydrogen-bond donors (Lipinski definition) is 0. The van der Waals surface area contributed by atoms with Gasteiger partial charge in [-0.2, -0.15) is 5.10 Å². The number of rotatable bonds is 3. The Bertz CT molecular complexity index is 568. The van der Waals surface area contributed by atoms with E-state index in [1.165, 1.54) is 14.2 Å². The maximum atomic E-state index is 11.8. The van der Waals surface area contributed by atoms with Crippen molar-refractivity contribution in [1.29, 1.82) is 0 Å². The first-order valence-electron chi connectivity index (χ1n) is 5.25. The van der Waals surface area contributed by atoms with Gasteiger partial charge in [0.1, 0.15) is 0 Å². The highest BCUT2D eigenvalue weighted by Gasteiger charge is 2.14. The highest BCUT2D eigenvalue weighted by Crippen LogP contribution is 2.14. The standard InChI is InChI=1S/C12H12ClN3O2/c1-15(18-2)12(17)11-6-7-16(14-11)10-5-3-4-9(13)8-10/h3-8H,1-2H3. The lowest BCUT2D eigenvalue weighted by Gasteiger charge is -2.11. The van der Waals surface area contributed by atoms with E-state index in [4.69, 9.17) is 16.4 Å². The number of nitrogens with zero attached hydrogens (tertiary/aromatic N) is 3. The molecule has 0 aliphatic heterocycles. The average Bonchev–Trinajstić information content (AvgIpc) is 2.86. The smallest absolute Gasteiger partial charge is 0.274 e. The molecule has 0 fully saturated rings. The summed E-state index contributed by atoms with van der Waals surface area (Å²) in [6.45, 7) is 0. The number of benzene rings is 1. The summed E-state index contributed by atoms with van der Waals surface area (Å²) in [4.78, 5) is 16.6. The Kier molecular flexibility index (Phi) is 3.64. The number of amides is 1. The third-order valence-electron chi connectivity index (χ3n) is 2.44. The van der Waals surface area contributed by atoms with Crippen molar-refractivity contribution in [2.24, 2.45) is 0 Å². The van der Waals surface area contributed by atoms with Gasteiger partial charge in [0.15, 0.2) is 5.69 Å².